The molecule has 0 radical (unpaired) electrons. The molecule has 0 aliphatic heterocycles. The van der Waals surface area contributed by atoms with Gasteiger partial charge in [0.2, 0.25) is 0 Å². The third-order valence-electron chi connectivity index (χ3n) is 2.95. The van der Waals surface area contributed by atoms with E-state index in [9.17, 15) is 0 Å². The molecule has 0 atom stereocenters. The Kier molecular flexibility index (Phi) is 4.37. The van der Waals surface area contributed by atoms with Crippen LogP contribution in [-0.2, 0) is 6.54 Å². The Labute approximate surface area is 131 Å². The molecule has 0 spiro atoms. The lowest BCUT2D eigenvalue weighted by Crippen LogP contribution is -2.45. The Morgan fingerprint density at radius 3 is 2.48 bits per heavy atom. The van der Waals surface area contributed by atoms with Gasteiger partial charge < -0.3 is 0 Å². The molecule has 0 aliphatic rings. The largest absolute Gasteiger partial charge is 0.282 e. The van der Waals surface area contributed by atoms with Crippen LogP contribution in [0.1, 0.15) is 26.6 Å². The third-order valence-corrected chi connectivity index (χ3v) is 3.14. The van der Waals surface area contributed by atoms with E-state index in [1.165, 1.54) is 0 Å². The summed E-state index contributed by atoms with van der Waals surface area (Å²) in [4.78, 5) is 1.72. The Hall–Kier alpha value is -1.82. The Bertz CT molecular complexity index is 627. The van der Waals surface area contributed by atoms with Gasteiger partial charge in [0, 0.05) is 11.7 Å². The molecule has 6 heteroatoms. The highest BCUT2D eigenvalue weighted by molar-refractivity contribution is 7.84. The molecule has 21 heavy (non-hydrogen) atoms. The van der Waals surface area contributed by atoms with Crippen LogP contribution in [0.2, 0.25) is 0 Å². The number of aromatic nitrogens is 4. The predicted octanol–water partition coefficient (Wildman–Crippen LogP) is 2.59. The first kappa shape index (κ1) is 15.6. The van der Waals surface area contributed by atoms with Crippen molar-refractivity contribution in [3.05, 3.63) is 47.8 Å². The molecule has 0 saturated carbocycles. The second kappa shape index (κ2) is 5.89. The van der Waals surface area contributed by atoms with E-state index in [0.717, 1.165) is 18.1 Å². The molecule has 0 bridgehead atoms. The molecule has 2 aromatic rings. The second-order valence-electron chi connectivity index (χ2n) is 6.20. The number of para-hydroxylation sites is 1. The van der Waals surface area contributed by atoms with E-state index >= 15 is 0 Å². The standard InChI is InChI=1S/C15H21N5S/c1-12-18(11-15(3,4)5)16-17-20(12)19(13(2)21)14-9-7-6-8-10-14/h6-10H,2,11H2,1,3-5H3/p+1. The highest BCUT2D eigenvalue weighted by Crippen LogP contribution is 2.21. The van der Waals surface area contributed by atoms with Crippen molar-refractivity contribution < 1.29 is 4.68 Å². The molecule has 5 nitrogen and oxygen atoms in total. The molecule has 2 rings (SSSR count). The van der Waals surface area contributed by atoms with Crippen LogP contribution in [0.5, 0.6) is 0 Å². The van der Waals surface area contributed by atoms with Gasteiger partial charge in [-0.25, -0.2) is 0 Å². The van der Waals surface area contributed by atoms with Crippen LogP contribution in [-0.4, -0.2) is 15.2 Å². The van der Waals surface area contributed by atoms with Crippen molar-refractivity contribution in [2.75, 3.05) is 5.01 Å². The lowest BCUT2D eigenvalue weighted by Gasteiger charge is -2.18. The maximum atomic E-state index is 4.39. The lowest BCUT2D eigenvalue weighted by atomic mass is 9.97. The van der Waals surface area contributed by atoms with Crippen molar-refractivity contribution in [3.8, 4) is 0 Å². The molecule has 0 N–H and O–H groups in total. The average Bonchev–Trinajstić information content (AvgIpc) is 2.71. The molecular weight excluding hydrogens is 282 g/mol. The first-order chi connectivity index (χ1) is 9.79. The fraction of sp³-hybridized carbons (Fsp3) is 0.400. The van der Waals surface area contributed by atoms with Crippen molar-refractivity contribution in [1.82, 2.24) is 15.2 Å². The van der Waals surface area contributed by atoms with Crippen molar-refractivity contribution in [2.45, 2.75) is 34.2 Å². The number of nitrogens with zero attached hydrogens (tertiary/aromatic N) is 5. The maximum absolute atomic E-state index is 4.39. The van der Waals surface area contributed by atoms with Gasteiger partial charge in [-0.15, -0.1) is 17.3 Å². The summed E-state index contributed by atoms with van der Waals surface area (Å²) in [5, 5.41) is 10.9. The lowest BCUT2D eigenvalue weighted by molar-refractivity contribution is -0.769. The highest BCUT2D eigenvalue weighted by atomic mass is 32.1. The van der Waals surface area contributed by atoms with Gasteiger partial charge in [0.15, 0.2) is 5.21 Å². The molecule has 112 valence electrons. The highest BCUT2D eigenvalue weighted by Gasteiger charge is 2.27. The Balaban J connectivity index is 2.42. The molecule has 0 saturated heterocycles. The van der Waals surface area contributed by atoms with E-state index in [-0.39, 0.29) is 5.41 Å². The van der Waals surface area contributed by atoms with E-state index in [1.54, 1.807) is 4.79 Å². The van der Waals surface area contributed by atoms with E-state index in [2.05, 4.69) is 50.4 Å². The zero-order chi connectivity index (χ0) is 15.6. The summed E-state index contributed by atoms with van der Waals surface area (Å²) in [7, 11) is 0. The number of thiol groups is 1. The molecule has 0 fully saturated rings. The van der Waals surface area contributed by atoms with Gasteiger partial charge in [0.25, 0.3) is 5.82 Å². The van der Waals surface area contributed by atoms with Gasteiger partial charge in [-0.2, -0.15) is 5.01 Å². The van der Waals surface area contributed by atoms with Crippen LogP contribution in [0, 0.1) is 12.3 Å². The number of benzene rings is 1. The normalized spacial score (nSPS) is 11.5. The summed E-state index contributed by atoms with van der Waals surface area (Å²) < 4.78 is 1.90. The maximum Gasteiger partial charge on any atom is 0.282 e. The third kappa shape index (κ3) is 3.64. The van der Waals surface area contributed by atoms with Gasteiger partial charge in [-0.3, -0.25) is 0 Å². The molecular formula is C15H22N5S+. The first-order valence-corrected chi connectivity index (χ1v) is 7.30. The summed E-state index contributed by atoms with van der Waals surface area (Å²) in [6.07, 6.45) is 0. The number of hydrogen-bond acceptors (Lipinski definition) is 4. The molecule has 1 aromatic heterocycles. The zero-order valence-electron chi connectivity index (χ0n) is 13.0. The van der Waals surface area contributed by atoms with Crippen LogP contribution in [0.4, 0.5) is 5.69 Å². The van der Waals surface area contributed by atoms with Crippen LogP contribution < -0.4 is 9.69 Å². The predicted molar refractivity (Wildman–Crippen MR) is 86.9 cm³/mol. The molecule has 1 heterocycles. The minimum atomic E-state index is 0.131. The topological polar surface area (TPSA) is 37.8 Å². The minimum absolute atomic E-state index is 0.131. The van der Waals surface area contributed by atoms with Gasteiger partial charge in [-0.1, -0.05) is 45.5 Å². The van der Waals surface area contributed by atoms with Crippen LogP contribution in [0.15, 0.2) is 41.9 Å². The second-order valence-corrected chi connectivity index (χ2v) is 6.71. The van der Waals surface area contributed by atoms with Crippen LogP contribution in [0.3, 0.4) is 0 Å². The van der Waals surface area contributed by atoms with Gasteiger partial charge >= 0.3 is 0 Å². The fourth-order valence-corrected chi connectivity index (χ4v) is 2.24. The summed E-state index contributed by atoms with van der Waals surface area (Å²) in [5.41, 5.74) is 1.07. The smallest absolute Gasteiger partial charge is 0.164 e. The van der Waals surface area contributed by atoms with Crippen molar-refractivity contribution >= 4 is 18.3 Å². The van der Waals surface area contributed by atoms with E-state index in [1.807, 2.05) is 46.9 Å². The fourth-order valence-electron chi connectivity index (χ4n) is 2.04. The van der Waals surface area contributed by atoms with Gasteiger partial charge in [0.1, 0.15) is 10.2 Å². The van der Waals surface area contributed by atoms with Crippen molar-refractivity contribution in [2.24, 2.45) is 5.41 Å². The number of hydrogen-bond donors (Lipinski definition) is 1. The van der Waals surface area contributed by atoms with E-state index < -0.39 is 0 Å². The molecule has 0 aliphatic carbocycles. The number of tetrazole rings is 1. The van der Waals surface area contributed by atoms with Crippen LogP contribution >= 0.6 is 12.6 Å². The quantitative estimate of drug-likeness (QED) is 0.697. The molecule has 0 unspecified atom stereocenters. The van der Waals surface area contributed by atoms with E-state index in [0.29, 0.717) is 5.03 Å². The molecule has 1 aromatic carbocycles. The molecule has 0 amide bonds. The SMILES string of the molecule is C=C(S)N(c1ccccc1)n1nn[n+](CC(C)(C)C)c1C. The van der Waals surface area contributed by atoms with E-state index in [4.69, 9.17) is 0 Å². The summed E-state index contributed by atoms with van der Waals surface area (Å²) in [5.74, 6) is 0.920. The number of anilines is 1. The zero-order valence-corrected chi connectivity index (χ0v) is 13.9. The van der Waals surface area contributed by atoms with Gasteiger partial charge in [0.05, 0.1) is 12.2 Å². The summed E-state index contributed by atoms with van der Waals surface area (Å²) in [6, 6.07) is 9.87. The monoisotopic (exact) mass is 304 g/mol. The summed E-state index contributed by atoms with van der Waals surface area (Å²) in [6.45, 7) is 13.2. The number of rotatable bonds is 4. The van der Waals surface area contributed by atoms with Crippen LogP contribution in [0.25, 0.3) is 0 Å². The Morgan fingerprint density at radius 2 is 1.95 bits per heavy atom. The minimum Gasteiger partial charge on any atom is -0.164 e. The average molecular weight is 304 g/mol. The summed E-state index contributed by atoms with van der Waals surface area (Å²) >= 11 is 4.39. The Morgan fingerprint density at radius 1 is 1.33 bits per heavy atom. The first-order valence-electron chi connectivity index (χ1n) is 6.85. The van der Waals surface area contributed by atoms with Crippen molar-refractivity contribution in [1.29, 1.82) is 0 Å². The van der Waals surface area contributed by atoms with Gasteiger partial charge in [-0.05, 0) is 17.5 Å². The van der Waals surface area contributed by atoms with Crippen molar-refractivity contribution in [3.63, 3.8) is 0 Å².